The Morgan fingerprint density at radius 1 is 1.00 bits per heavy atom. The Bertz CT molecular complexity index is 1360. The maximum Gasteiger partial charge on any atom is 0.413 e. The van der Waals surface area contributed by atoms with E-state index in [-0.39, 0.29) is 43.3 Å². The van der Waals surface area contributed by atoms with Crippen LogP contribution < -0.4 is 21.3 Å². The molecular formula is C31H35N5O5. The van der Waals surface area contributed by atoms with E-state index in [0.717, 1.165) is 22.3 Å². The van der Waals surface area contributed by atoms with E-state index in [2.05, 4.69) is 21.3 Å². The van der Waals surface area contributed by atoms with Crippen molar-refractivity contribution in [1.29, 1.82) is 5.41 Å². The summed E-state index contributed by atoms with van der Waals surface area (Å²) in [5, 5.41) is 28.7. The van der Waals surface area contributed by atoms with Gasteiger partial charge in [-0.3, -0.25) is 20.3 Å². The second-order valence-corrected chi connectivity index (χ2v) is 10.0. The minimum Gasteiger partial charge on any atom is -0.444 e. The summed E-state index contributed by atoms with van der Waals surface area (Å²) in [5.74, 6) is -0.492. The minimum atomic E-state index is -0.723. The van der Waals surface area contributed by atoms with Crippen molar-refractivity contribution in [2.24, 2.45) is 0 Å². The average Bonchev–Trinajstić information content (AvgIpc) is 3.50. The number of carbonyl (C=O) groups excluding carboxylic acids is 3. The van der Waals surface area contributed by atoms with Crippen LogP contribution in [0.2, 0.25) is 0 Å². The predicted molar refractivity (Wildman–Crippen MR) is 154 cm³/mol. The lowest BCUT2D eigenvalue weighted by atomic mass is 9.94. The summed E-state index contributed by atoms with van der Waals surface area (Å²) < 4.78 is 5.14. The maximum atomic E-state index is 12.8. The lowest BCUT2D eigenvalue weighted by molar-refractivity contribution is -0.129. The van der Waals surface area contributed by atoms with Gasteiger partial charge in [-0.15, -0.1) is 0 Å². The van der Waals surface area contributed by atoms with Crippen molar-refractivity contribution in [2.75, 3.05) is 6.54 Å². The van der Waals surface area contributed by atoms with Gasteiger partial charge in [0.25, 0.3) is 0 Å². The van der Waals surface area contributed by atoms with Crippen LogP contribution in [-0.2, 0) is 34.1 Å². The van der Waals surface area contributed by atoms with Crippen molar-refractivity contribution in [3.63, 3.8) is 0 Å². The molecule has 41 heavy (non-hydrogen) atoms. The van der Waals surface area contributed by atoms with Gasteiger partial charge in [-0.05, 0) is 41.5 Å². The summed E-state index contributed by atoms with van der Waals surface area (Å²) in [5.41, 5.74) is 4.04. The number of carbonyl (C=O) groups is 3. The highest BCUT2D eigenvalue weighted by Crippen LogP contribution is 2.26. The summed E-state index contributed by atoms with van der Waals surface area (Å²) in [7, 11) is 0. The third-order valence-corrected chi connectivity index (χ3v) is 6.95. The molecule has 1 saturated heterocycles. The topological polar surface area (TPSA) is 153 Å². The molecule has 3 amide bonds. The number of hydrogen-bond donors (Lipinski definition) is 6. The number of aliphatic hydroxyl groups is 1. The van der Waals surface area contributed by atoms with Crippen LogP contribution in [0.15, 0.2) is 78.9 Å². The fraction of sp³-hybridized carbons (Fsp3) is 0.290. The number of amidine groups is 1. The zero-order valence-corrected chi connectivity index (χ0v) is 22.9. The molecular weight excluding hydrogens is 522 g/mol. The van der Waals surface area contributed by atoms with Crippen LogP contribution >= 0.6 is 0 Å². The Hall–Kier alpha value is -4.54. The third-order valence-electron chi connectivity index (χ3n) is 6.95. The SMILES string of the molecule is C[C@H](NC(=O)[C@H]1C[C@H](c2cccc(CO)c2)CN1)C(=O)NCc1ccc(C(=N)NC(=O)OCc2ccccc2)cc1. The van der Waals surface area contributed by atoms with Crippen LogP contribution in [0.3, 0.4) is 0 Å². The number of nitrogens with one attached hydrogen (secondary N) is 5. The van der Waals surface area contributed by atoms with Gasteiger partial charge in [0.15, 0.2) is 0 Å². The molecule has 0 aliphatic carbocycles. The predicted octanol–water partition coefficient (Wildman–Crippen LogP) is 2.70. The molecule has 0 unspecified atom stereocenters. The second-order valence-electron chi connectivity index (χ2n) is 10.0. The van der Waals surface area contributed by atoms with Gasteiger partial charge < -0.3 is 25.8 Å². The van der Waals surface area contributed by atoms with Gasteiger partial charge in [0.2, 0.25) is 11.8 Å². The minimum absolute atomic E-state index is 0.0262. The zero-order valence-electron chi connectivity index (χ0n) is 22.9. The molecule has 1 aliphatic heterocycles. The number of rotatable bonds is 10. The molecule has 0 aromatic heterocycles. The van der Waals surface area contributed by atoms with Gasteiger partial charge in [-0.2, -0.15) is 0 Å². The summed E-state index contributed by atoms with van der Waals surface area (Å²) in [6, 6.07) is 22.7. The zero-order chi connectivity index (χ0) is 29.2. The molecule has 214 valence electrons. The van der Waals surface area contributed by atoms with E-state index in [1.54, 1.807) is 31.2 Å². The van der Waals surface area contributed by atoms with Gasteiger partial charge in [0.05, 0.1) is 12.6 Å². The Balaban J connectivity index is 1.18. The standard InChI is InChI=1S/C31H35N5O5/c1-20(35-30(39)27-15-26(17-33-27)25-9-5-8-23(14-25)18-37)29(38)34-16-21-10-12-24(13-11-21)28(32)36-31(40)41-19-22-6-3-2-4-7-22/h2-14,20,26-27,33,37H,15-19H2,1H3,(H,34,38)(H,35,39)(H2,32,36,40)/t20-,26-,27+/m0/s1. The van der Waals surface area contributed by atoms with Crippen molar-refractivity contribution in [3.05, 3.63) is 107 Å². The summed E-state index contributed by atoms with van der Waals surface area (Å²) >= 11 is 0. The van der Waals surface area contributed by atoms with Crippen LogP contribution in [-0.4, -0.2) is 47.5 Å². The van der Waals surface area contributed by atoms with E-state index < -0.39 is 18.2 Å². The summed E-state index contributed by atoms with van der Waals surface area (Å²) in [6.45, 7) is 2.60. The van der Waals surface area contributed by atoms with E-state index in [0.29, 0.717) is 18.5 Å². The van der Waals surface area contributed by atoms with Crippen molar-refractivity contribution in [2.45, 2.75) is 51.1 Å². The first-order valence-electron chi connectivity index (χ1n) is 13.5. The maximum absolute atomic E-state index is 12.8. The van der Waals surface area contributed by atoms with Gasteiger partial charge in [-0.1, -0.05) is 78.9 Å². The van der Waals surface area contributed by atoms with Crippen LogP contribution in [0.5, 0.6) is 0 Å². The second kappa shape index (κ2) is 14.2. The van der Waals surface area contributed by atoms with Crippen molar-refractivity contribution in [3.8, 4) is 0 Å². The van der Waals surface area contributed by atoms with E-state index >= 15 is 0 Å². The van der Waals surface area contributed by atoms with E-state index in [9.17, 15) is 19.5 Å². The molecule has 3 aromatic rings. The monoisotopic (exact) mass is 557 g/mol. The molecule has 4 rings (SSSR count). The highest BCUT2D eigenvalue weighted by atomic mass is 16.5. The molecule has 1 fully saturated rings. The molecule has 0 radical (unpaired) electrons. The first-order valence-corrected chi connectivity index (χ1v) is 13.5. The van der Waals surface area contributed by atoms with Gasteiger partial charge >= 0.3 is 6.09 Å². The molecule has 10 heteroatoms. The first-order chi connectivity index (χ1) is 19.8. The smallest absolute Gasteiger partial charge is 0.413 e. The molecule has 1 heterocycles. The van der Waals surface area contributed by atoms with Gasteiger partial charge in [0, 0.05) is 18.7 Å². The average molecular weight is 558 g/mol. The van der Waals surface area contributed by atoms with Crippen LogP contribution in [0.4, 0.5) is 4.79 Å². The fourth-order valence-corrected chi connectivity index (χ4v) is 4.58. The van der Waals surface area contributed by atoms with Crippen LogP contribution in [0, 0.1) is 5.41 Å². The van der Waals surface area contributed by atoms with Crippen LogP contribution in [0.25, 0.3) is 0 Å². The van der Waals surface area contributed by atoms with Crippen molar-refractivity contribution >= 4 is 23.7 Å². The Labute approximate surface area is 239 Å². The van der Waals surface area contributed by atoms with E-state index in [4.69, 9.17) is 10.1 Å². The van der Waals surface area contributed by atoms with Crippen molar-refractivity contribution in [1.82, 2.24) is 21.3 Å². The number of benzene rings is 3. The molecule has 3 atom stereocenters. The largest absolute Gasteiger partial charge is 0.444 e. The molecule has 0 spiro atoms. The number of hydrogen-bond acceptors (Lipinski definition) is 7. The first kappa shape index (κ1) is 29.4. The Morgan fingerprint density at radius 3 is 2.46 bits per heavy atom. The molecule has 10 nitrogen and oxygen atoms in total. The van der Waals surface area contributed by atoms with E-state index in [1.807, 2.05) is 54.6 Å². The molecule has 0 bridgehead atoms. The highest BCUT2D eigenvalue weighted by molar-refractivity contribution is 6.04. The fourth-order valence-electron chi connectivity index (χ4n) is 4.58. The Kier molecular flexibility index (Phi) is 10.2. The molecule has 1 aliphatic rings. The highest BCUT2D eigenvalue weighted by Gasteiger charge is 2.31. The third kappa shape index (κ3) is 8.47. The normalized spacial score (nSPS) is 16.8. The quantitative estimate of drug-likeness (QED) is 0.167. The molecule has 0 saturated carbocycles. The number of alkyl carbamates (subject to hydrolysis) is 1. The Morgan fingerprint density at radius 2 is 1.73 bits per heavy atom. The van der Waals surface area contributed by atoms with Gasteiger partial charge in [-0.25, -0.2) is 4.79 Å². The number of aliphatic hydroxyl groups excluding tert-OH is 1. The van der Waals surface area contributed by atoms with Crippen molar-refractivity contribution < 1.29 is 24.2 Å². The number of amides is 3. The molecule has 3 aromatic carbocycles. The summed E-state index contributed by atoms with van der Waals surface area (Å²) in [6.07, 6.45) is -0.110. The number of ether oxygens (including phenoxy) is 1. The summed E-state index contributed by atoms with van der Waals surface area (Å²) in [4.78, 5) is 37.4. The molecule has 6 N–H and O–H groups in total. The lowest BCUT2D eigenvalue weighted by Crippen LogP contribution is -2.49. The van der Waals surface area contributed by atoms with Gasteiger partial charge in [0.1, 0.15) is 18.5 Å². The lowest BCUT2D eigenvalue weighted by Gasteiger charge is -2.17. The van der Waals surface area contributed by atoms with Crippen LogP contribution in [0.1, 0.15) is 47.1 Å². The van der Waals surface area contributed by atoms with E-state index in [1.165, 1.54) is 0 Å².